The lowest BCUT2D eigenvalue weighted by Crippen LogP contribution is -1.92. The van der Waals surface area contributed by atoms with E-state index in [0.29, 0.717) is 6.64 Å². The Bertz CT molecular complexity index is 47.8. The van der Waals surface area contributed by atoms with Gasteiger partial charge in [0.2, 0.25) is 0 Å². The molecule has 0 aliphatic heterocycles. The van der Waals surface area contributed by atoms with E-state index in [9.17, 15) is 0 Å². The fourth-order valence-electron chi connectivity index (χ4n) is 0.391. The maximum atomic E-state index is 6.88. The lowest BCUT2D eigenvalue weighted by atomic mass is 10.2. The zero-order valence-corrected chi connectivity index (χ0v) is 6.20. The first kappa shape index (κ1) is 5.56. The van der Waals surface area contributed by atoms with Crippen LogP contribution in [0.2, 0.25) is 0 Å². The summed E-state index contributed by atoms with van der Waals surface area (Å²) in [4.78, 5) is 0. The van der Waals surface area contributed by atoms with Gasteiger partial charge in [-0.25, -0.2) is 0 Å². The Morgan fingerprint density at radius 1 is 1.86 bits per heavy atom. The van der Waals surface area contributed by atoms with E-state index in [0.717, 1.165) is 14.5 Å². The third-order valence-corrected chi connectivity index (χ3v) is 2.18. The van der Waals surface area contributed by atoms with Crippen LogP contribution in [0.25, 0.3) is 0 Å². The molecular weight excluding hydrogens is 103 g/mol. The molecule has 0 nitrogen and oxygen atoms in total. The highest BCUT2D eigenvalue weighted by Gasteiger charge is 1.92. The minimum atomic E-state index is 0.629. The molecule has 44 valence electrons. The molecule has 0 saturated heterocycles. The molecule has 0 saturated carbocycles. The van der Waals surface area contributed by atoms with E-state index in [4.69, 9.17) is 1.37 Å². The van der Waals surface area contributed by atoms with Crippen LogP contribution in [-0.4, -0.2) is 12.8 Å². The zero-order chi connectivity index (χ0) is 6.41. The van der Waals surface area contributed by atoms with E-state index in [1.165, 1.54) is 12.6 Å². The maximum absolute atomic E-state index is 6.88. The van der Waals surface area contributed by atoms with Crippen molar-refractivity contribution >= 4 is 8.58 Å². The monoisotopic (exact) mass is 119 g/mol. The quantitative estimate of drug-likeness (QED) is 0.500. The molecule has 7 heavy (non-hydrogen) atoms. The van der Waals surface area contributed by atoms with Crippen LogP contribution in [-0.2, 0) is 0 Å². The van der Waals surface area contributed by atoms with Crippen molar-refractivity contribution in [1.29, 1.82) is 0 Å². The van der Waals surface area contributed by atoms with Gasteiger partial charge in [-0.1, -0.05) is 20.3 Å². The van der Waals surface area contributed by atoms with Gasteiger partial charge in [0.1, 0.15) is 0 Å². The minimum absolute atomic E-state index is 0.629. The molecule has 0 fully saturated rings. The molecule has 0 N–H and O–H groups in total. The highest BCUT2D eigenvalue weighted by molar-refractivity contribution is 7.36. The maximum Gasteiger partial charge on any atom is 0.0277 e. The van der Waals surface area contributed by atoms with Gasteiger partial charge in [-0.05, 0) is 18.7 Å². The number of hydrogen-bond acceptors (Lipinski definition) is 0. The molecule has 0 radical (unpaired) electrons. The molecular formula is C6H15P. The molecule has 1 heteroatoms. The van der Waals surface area contributed by atoms with Gasteiger partial charge in [-0.3, -0.25) is 0 Å². The van der Waals surface area contributed by atoms with Crippen molar-refractivity contribution in [1.82, 2.24) is 0 Å². The van der Waals surface area contributed by atoms with Crippen molar-refractivity contribution in [3.8, 4) is 0 Å². The summed E-state index contributed by atoms with van der Waals surface area (Å²) in [6.07, 6.45) is 2.53. The van der Waals surface area contributed by atoms with E-state index in [-0.39, 0.29) is 0 Å². The van der Waals surface area contributed by atoms with Gasteiger partial charge in [0.05, 0.1) is 0 Å². The second-order valence-electron chi connectivity index (χ2n) is 1.97. The first-order valence-electron chi connectivity index (χ1n) is 3.52. The van der Waals surface area contributed by atoms with E-state index in [1.807, 2.05) is 0 Å². The lowest BCUT2D eigenvalue weighted by molar-refractivity contribution is 0.635. The summed E-state index contributed by atoms with van der Waals surface area (Å²) >= 11 is 0. The van der Waals surface area contributed by atoms with Crippen LogP contribution in [0.4, 0.5) is 0 Å². The first-order valence-corrected chi connectivity index (χ1v) is 4.22. The highest BCUT2D eigenvalue weighted by Crippen LogP contribution is 2.11. The smallest absolute Gasteiger partial charge is 0.0277 e. The molecule has 0 rings (SSSR count). The summed E-state index contributed by atoms with van der Waals surface area (Å²) < 4.78 is 6.88. The molecule has 0 aliphatic carbocycles. The summed E-state index contributed by atoms with van der Waals surface area (Å²) in [6, 6.07) is 0. The van der Waals surface area contributed by atoms with E-state index in [1.54, 1.807) is 0 Å². The van der Waals surface area contributed by atoms with Crippen LogP contribution in [0, 0.1) is 5.92 Å². The van der Waals surface area contributed by atoms with Gasteiger partial charge in [0, 0.05) is 1.37 Å². The SMILES string of the molecule is [2H]CPC[C@@H](C)CC. The molecule has 0 aromatic rings. The first-order chi connectivity index (χ1) is 3.81. The third-order valence-electron chi connectivity index (χ3n) is 1.19. The number of hydrogen-bond donors (Lipinski definition) is 0. The van der Waals surface area contributed by atoms with Crippen molar-refractivity contribution < 1.29 is 1.37 Å². The Morgan fingerprint density at radius 2 is 2.57 bits per heavy atom. The summed E-state index contributed by atoms with van der Waals surface area (Å²) in [5.41, 5.74) is 0. The van der Waals surface area contributed by atoms with E-state index < -0.39 is 0 Å². The molecule has 0 aliphatic rings. The zero-order valence-electron chi connectivity index (χ0n) is 6.20. The Labute approximate surface area is 49.9 Å². The summed E-state index contributed by atoms with van der Waals surface area (Å²) in [6.45, 7) is 5.09. The molecule has 1 unspecified atom stereocenters. The molecule has 0 spiro atoms. The van der Waals surface area contributed by atoms with Crippen LogP contribution >= 0.6 is 8.58 Å². The Morgan fingerprint density at radius 3 is 3.00 bits per heavy atom. The normalized spacial score (nSPS) is 17.7. The van der Waals surface area contributed by atoms with E-state index >= 15 is 0 Å². The molecule has 0 aromatic carbocycles. The molecule has 0 aromatic heterocycles. The summed E-state index contributed by atoms with van der Waals surface area (Å²) in [5.74, 6) is 0.846. The predicted octanol–water partition coefficient (Wildman–Crippen LogP) is 2.34. The predicted molar refractivity (Wildman–Crippen MR) is 38.6 cm³/mol. The fraction of sp³-hybridized carbons (Fsp3) is 1.00. The van der Waals surface area contributed by atoms with Crippen molar-refractivity contribution in [2.24, 2.45) is 5.92 Å². The van der Waals surface area contributed by atoms with Crippen molar-refractivity contribution in [2.75, 3.05) is 12.8 Å². The van der Waals surface area contributed by atoms with Crippen LogP contribution in [0.5, 0.6) is 0 Å². The Kier molecular flexibility index (Phi) is 3.65. The molecule has 0 heterocycles. The molecule has 0 amide bonds. The summed E-state index contributed by atoms with van der Waals surface area (Å²) in [5, 5.41) is 0. The van der Waals surface area contributed by atoms with Crippen LogP contribution in [0.15, 0.2) is 0 Å². The average Bonchev–Trinajstić information content (AvgIpc) is 1.83. The highest BCUT2D eigenvalue weighted by atomic mass is 31.1. The number of rotatable bonds is 3. The second-order valence-corrected chi connectivity index (χ2v) is 2.88. The lowest BCUT2D eigenvalue weighted by Gasteiger charge is -2.02. The van der Waals surface area contributed by atoms with Crippen LogP contribution < -0.4 is 0 Å². The molecule has 0 bridgehead atoms. The molecule has 2 atom stereocenters. The second kappa shape index (κ2) is 4.59. The average molecular weight is 119 g/mol. The van der Waals surface area contributed by atoms with Crippen molar-refractivity contribution in [2.45, 2.75) is 20.3 Å². The van der Waals surface area contributed by atoms with Crippen LogP contribution in [0.1, 0.15) is 21.6 Å². The Balaban J connectivity index is 2.86. The van der Waals surface area contributed by atoms with Gasteiger partial charge in [-0.2, -0.15) is 0 Å². The third kappa shape index (κ3) is 4.28. The van der Waals surface area contributed by atoms with E-state index in [2.05, 4.69) is 13.8 Å². The minimum Gasteiger partial charge on any atom is -0.125 e. The van der Waals surface area contributed by atoms with Gasteiger partial charge in [-0.15, -0.1) is 8.58 Å². The Hall–Kier alpha value is 0.430. The van der Waals surface area contributed by atoms with Crippen molar-refractivity contribution in [3.63, 3.8) is 0 Å². The largest absolute Gasteiger partial charge is 0.125 e. The van der Waals surface area contributed by atoms with Crippen LogP contribution in [0.3, 0.4) is 0 Å². The van der Waals surface area contributed by atoms with Gasteiger partial charge in [0.15, 0.2) is 0 Å². The van der Waals surface area contributed by atoms with Gasteiger partial charge in [0.25, 0.3) is 0 Å². The standard InChI is InChI=1S/C6H15P/c1-4-6(2)5-7-3/h6-7H,4-5H2,1-3H3/t6-/m0/s1/i3D. The van der Waals surface area contributed by atoms with Gasteiger partial charge >= 0.3 is 0 Å². The summed E-state index contributed by atoms with van der Waals surface area (Å²) in [7, 11) is 0.869. The topological polar surface area (TPSA) is 0 Å². The van der Waals surface area contributed by atoms with Gasteiger partial charge < -0.3 is 0 Å². The fourth-order valence-corrected chi connectivity index (χ4v) is 1.17. The van der Waals surface area contributed by atoms with Crippen molar-refractivity contribution in [3.05, 3.63) is 0 Å².